The van der Waals surface area contributed by atoms with E-state index in [4.69, 9.17) is 17.7 Å². The molecule has 9 heteroatoms. The lowest BCUT2D eigenvalue weighted by Gasteiger charge is -2.15. The normalized spacial score (nSPS) is 11.7. The molecule has 2 aromatic carbocycles. The van der Waals surface area contributed by atoms with E-state index < -0.39 is 35.7 Å². The molecule has 156 valence electrons. The molecular formula is C21H17BF5NO2. The smallest absolute Gasteiger partial charge is 0.418 e. The lowest BCUT2D eigenvalue weighted by molar-refractivity contribution is -0.138. The van der Waals surface area contributed by atoms with E-state index in [0.29, 0.717) is 11.2 Å². The van der Waals surface area contributed by atoms with Gasteiger partial charge in [-0.05, 0) is 42.7 Å². The Morgan fingerprint density at radius 3 is 2.30 bits per heavy atom. The summed E-state index contributed by atoms with van der Waals surface area (Å²) in [5.41, 5.74) is -0.311. The summed E-state index contributed by atoms with van der Waals surface area (Å²) in [4.78, 5) is 0. The van der Waals surface area contributed by atoms with Crippen molar-refractivity contribution in [2.24, 2.45) is 0 Å². The van der Waals surface area contributed by atoms with Gasteiger partial charge in [0.1, 0.15) is 14.5 Å². The van der Waals surface area contributed by atoms with Crippen LogP contribution >= 0.6 is 0 Å². The largest absolute Gasteiger partial charge is 0.484 e. The van der Waals surface area contributed by atoms with Gasteiger partial charge in [0.2, 0.25) is 5.82 Å². The van der Waals surface area contributed by atoms with Crippen molar-refractivity contribution in [3.63, 3.8) is 0 Å². The first-order valence-corrected chi connectivity index (χ1v) is 9.06. The van der Waals surface area contributed by atoms with Crippen LogP contribution in [0, 0.1) is 11.6 Å². The topological polar surface area (TPSA) is 34.4 Å². The molecule has 3 nitrogen and oxygen atoms in total. The minimum atomic E-state index is -4.66. The molecule has 1 aromatic heterocycles. The van der Waals surface area contributed by atoms with Crippen LogP contribution in [0.1, 0.15) is 23.2 Å². The van der Waals surface area contributed by atoms with E-state index in [0.717, 1.165) is 12.1 Å². The maximum absolute atomic E-state index is 14.3. The predicted molar refractivity (Wildman–Crippen MR) is 102 cm³/mol. The molecule has 0 aliphatic rings. The third-order valence-electron chi connectivity index (χ3n) is 4.56. The second-order valence-electron chi connectivity index (χ2n) is 6.60. The maximum Gasteiger partial charge on any atom is 0.418 e. The average molecular weight is 421 g/mol. The zero-order chi connectivity index (χ0) is 21.9. The molecule has 0 saturated carbocycles. The molecule has 0 atom stereocenters. The molecular weight excluding hydrogens is 404 g/mol. The van der Waals surface area contributed by atoms with Gasteiger partial charge in [-0.1, -0.05) is 23.7 Å². The number of aromatic nitrogens is 1. The minimum absolute atomic E-state index is 0.0510. The Morgan fingerprint density at radius 1 is 0.967 bits per heavy atom. The van der Waals surface area contributed by atoms with Crippen LogP contribution in [-0.2, 0) is 19.2 Å². The van der Waals surface area contributed by atoms with Crippen molar-refractivity contribution in [1.82, 2.24) is 4.57 Å². The average Bonchev–Trinajstić information content (AvgIpc) is 3.13. The summed E-state index contributed by atoms with van der Waals surface area (Å²) in [5, 5.41) is 8.82. The van der Waals surface area contributed by atoms with Crippen LogP contribution in [0.4, 0.5) is 22.0 Å². The van der Waals surface area contributed by atoms with E-state index in [1.54, 1.807) is 0 Å². The van der Waals surface area contributed by atoms with Crippen LogP contribution in [0.3, 0.4) is 0 Å². The van der Waals surface area contributed by atoms with Gasteiger partial charge in [0.25, 0.3) is 0 Å². The second kappa shape index (κ2) is 8.91. The summed E-state index contributed by atoms with van der Waals surface area (Å²) in [7, 11) is 5.62. The number of halogens is 5. The molecule has 0 aliphatic heterocycles. The van der Waals surface area contributed by atoms with Gasteiger partial charge in [0, 0.05) is 18.5 Å². The number of benzene rings is 2. The number of hydrogen-bond acceptors (Lipinski definition) is 2. The molecule has 0 aliphatic carbocycles. The summed E-state index contributed by atoms with van der Waals surface area (Å²) >= 11 is 0. The summed E-state index contributed by atoms with van der Waals surface area (Å²) in [6.07, 6.45) is -3.06. The van der Waals surface area contributed by atoms with Gasteiger partial charge in [-0.3, -0.25) is 0 Å². The lowest BCUT2D eigenvalue weighted by Crippen LogP contribution is -2.13. The SMILES string of the molecule is [B]c1ccc(-n2ccc(C(F)(F)F)c2COc2ccc(CCCO)c(F)c2F)cc1. The highest BCUT2D eigenvalue weighted by atomic mass is 19.4. The van der Waals surface area contributed by atoms with Crippen LogP contribution < -0.4 is 10.2 Å². The zero-order valence-corrected chi connectivity index (χ0v) is 15.7. The van der Waals surface area contributed by atoms with Crippen LogP contribution in [0.25, 0.3) is 5.69 Å². The molecule has 1 heterocycles. The highest BCUT2D eigenvalue weighted by Crippen LogP contribution is 2.35. The lowest BCUT2D eigenvalue weighted by atomic mass is 9.96. The first kappa shape index (κ1) is 21.9. The molecule has 0 saturated heterocycles. The summed E-state index contributed by atoms with van der Waals surface area (Å²) in [6, 6.07) is 9.48. The Labute approximate surface area is 171 Å². The fraction of sp³-hybridized carbons (Fsp3) is 0.238. The first-order valence-electron chi connectivity index (χ1n) is 9.06. The highest BCUT2D eigenvalue weighted by molar-refractivity contribution is 6.32. The standard InChI is InChI=1S/C21H17BF5NO2/c22-14-4-6-15(7-5-14)28-10-9-16(21(25,26)27)17(28)12-30-18-8-3-13(2-1-11-29)19(23)20(18)24/h3-10,29H,1-2,11-12H2. The van der Waals surface area contributed by atoms with E-state index >= 15 is 0 Å². The number of rotatable bonds is 7. The maximum atomic E-state index is 14.3. The van der Waals surface area contributed by atoms with Gasteiger partial charge in [0.15, 0.2) is 11.6 Å². The molecule has 0 spiro atoms. The second-order valence-corrected chi connectivity index (χ2v) is 6.60. The number of nitrogens with zero attached hydrogens (tertiary/aromatic N) is 1. The van der Waals surface area contributed by atoms with Crippen LogP contribution in [0.15, 0.2) is 48.7 Å². The van der Waals surface area contributed by atoms with E-state index in [2.05, 4.69) is 0 Å². The van der Waals surface area contributed by atoms with Crippen molar-refractivity contribution in [3.8, 4) is 11.4 Å². The van der Waals surface area contributed by atoms with Crippen molar-refractivity contribution in [1.29, 1.82) is 0 Å². The monoisotopic (exact) mass is 421 g/mol. The Morgan fingerprint density at radius 2 is 1.67 bits per heavy atom. The zero-order valence-electron chi connectivity index (χ0n) is 15.7. The summed E-state index contributed by atoms with van der Waals surface area (Å²) < 4.78 is 75.3. The fourth-order valence-electron chi connectivity index (χ4n) is 3.04. The van der Waals surface area contributed by atoms with Crippen molar-refractivity contribution < 1.29 is 31.8 Å². The fourth-order valence-corrected chi connectivity index (χ4v) is 3.04. The molecule has 0 fully saturated rings. The number of hydrogen-bond donors (Lipinski definition) is 1. The number of aryl methyl sites for hydroxylation is 1. The Bertz CT molecular complexity index is 1020. The first-order chi connectivity index (χ1) is 14.2. The van der Waals surface area contributed by atoms with Gasteiger partial charge in [-0.2, -0.15) is 17.6 Å². The van der Waals surface area contributed by atoms with Crippen molar-refractivity contribution in [2.75, 3.05) is 6.61 Å². The molecule has 0 bridgehead atoms. The van der Waals surface area contributed by atoms with Gasteiger partial charge >= 0.3 is 6.18 Å². The van der Waals surface area contributed by atoms with Crippen molar-refractivity contribution in [3.05, 3.63) is 77.1 Å². The summed E-state index contributed by atoms with van der Waals surface area (Å²) in [5.74, 6) is -2.94. The van der Waals surface area contributed by atoms with Crippen LogP contribution in [0.2, 0.25) is 0 Å². The van der Waals surface area contributed by atoms with Crippen molar-refractivity contribution >= 4 is 13.3 Å². The number of aliphatic hydroxyl groups is 1. The van der Waals surface area contributed by atoms with Crippen LogP contribution in [-0.4, -0.2) is 24.1 Å². The van der Waals surface area contributed by atoms with Crippen molar-refractivity contribution in [2.45, 2.75) is 25.6 Å². The van der Waals surface area contributed by atoms with Crippen LogP contribution in [0.5, 0.6) is 5.75 Å². The highest BCUT2D eigenvalue weighted by Gasteiger charge is 2.35. The molecule has 3 aromatic rings. The molecule has 0 amide bonds. The van der Waals surface area contributed by atoms with Gasteiger partial charge in [-0.15, -0.1) is 0 Å². The third-order valence-corrected chi connectivity index (χ3v) is 4.56. The van der Waals surface area contributed by atoms with E-state index in [-0.39, 0.29) is 30.7 Å². The van der Waals surface area contributed by atoms with E-state index in [1.807, 2.05) is 0 Å². The predicted octanol–water partition coefficient (Wildman–Crippen LogP) is 4.07. The molecule has 30 heavy (non-hydrogen) atoms. The van der Waals surface area contributed by atoms with E-state index in [1.165, 1.54) is 41.1 Å². The Kier molecular flexibility index (Phi) is 6.50. The quantitative estimate of drug-likeness (QED) is 0.461. The molecule has 3 rings (SSSR count). The molecule has 0 unspecified atom stereocenters. The van der Waals surface area contributed by atoms with E-state index in [9.17, 15) is 22.0 Å². The Hall–Kier alpha value is -2.81. The molecule has 2 radical (unpaired) electrons. The number of aliphatic hydroxyl groups excluding tert-OH is 1. The number of ether oxygens (including phenoxy) is 1. The van der Waals surface area contributed by atoms with Gasteiger partial charge in [-0.25, -0.2) is 4.39 Å². The Balaban J connectivity index is 1.92. The van der Waals surface area contributed by atoms with Gasteiger partial charge in [0.05, 0.1) is 11.3 Å². The molecule has 1 N–H and O–H groups in total. The summed E-state index contributed by atoms with van der Waals surface area (Å²) in [6.45, 7) is -0.819. The third kappa shape index (κ3) is 4.67. The number of alkyl halides is 3. The minimum Gasteiger partial charge on any atom is -0.484 e. The van der Waals surface area contributed by atoms with Gasteiger partial charge < -0.3 is 14.4 Å².